The Morgan fingerprint density at radius 1 is 0.974 bits per heavy atom. The molecule has 0 aliphatic rings. The number of aliphatic carboxylic acids is 1. The van der Waals surface area contributed by atoms with Crippen molar-refractivity contribution < 1.29 is 37.5 Å². The van der Waals surface area contributed by atoms with Gasteiger partial charge < -0.3 is 21.5 Å². The van der Waals surface area contributed by atoms with Gasteiger partial charge in [0.2, 0.25) is 11.8 Å². The van der Waals surface area contributed by atoms with Crippen molar-refractivity contribution >= 4 is 34.3 Å². The molecule has 0 aromatic heterocycles. The lowest BCUT2D eigenvalue weighted by Crippen LogP contribution is -2.41. The second-order valence-electron chi connectivity index (χ2n) is 10.1. The van der Waals surface area contributed by atoms with E-state index < -0.39 is 18.1 Å². The minimum atomic E-state index is -5.08. The van der Waals surface area contributed by atoms with Gasteiger partial charge in [-0.15, -0.1) is 0 Å². The molecule has 0 heterocycles. The number of halogens is 3. The highest BCUT2D eigenvalue weighted by atomic mass is 19.4. The lowest BCUT2D eigenvalue weighted by Gasteiger charge is -2.21. The first kappa shape index (κ1) is 32.6. The third-order valence-corrected chi connectivity index (χ3v) is 5.30. The Morgan fingerprint density at radius 3 is 2.13 bits per heavy atom. The Hall–Kier alpha value is -3.47. The number of fused-ring (bicyclic) bond motifs is 1. The van der Waals surface area contributed by atoms with Crippen molar-refractivity contribution in [2.75, 3.05) is 0 Å². The van der Waals surface area contributed by atoms with E-state index in [1.165, 1.54) is 0 Å². The van der Waals surface area contributed by atoms with Gasteiger partial charge >= 0.3 is 12.1 Å². The van der Waals surface area contributed by atoms with Crippen LogP contribution in [0.25, 0.3) is 10.8 Å². The van der Waals surface area contributed by atoms with E-state index in [0.29, 0.717) is 13.0 Å². The van der Waals surface area contributed by atoms with Gasteiger partial charge in [0.15, 0.2) is 0 Å². The lowest BCUT2D eigenvalue weighted by molar-refractivity contribution is -0.192. The number of alkyl halides is 3. The van der Waals surface area contributed by atoms with E-state index in [2.05, 4.69) is 10.6 Å². The van der Waals surface area contributed by atoms with Crippen LogP contribution in [0.3, 0.4) is 0 Å². The second-order valence-corrected chi connectivity index (χ2v) is 10.1. The standard InChI is InChI=1S/C25H35N3O3.C2HF3O2/c1-17(14-21(29)15-20(26)12-13-23(30)28-25(2,3)4)24(31)27-16-19-10-7-9-18-8-5-6-11-22(18)19;3-2(4,5)1(6)7/h5-11,17,20H,12-16,26H2,1-4H3,(H,27,31)(H,28,30);(H,6,7)/t17-,20+;/m1./s1. The van der Waals surface area contributed by atoms with Gasteiger partial charge in [-0.3, -0.25) is 14.4 Å². The van der Waals surface area contributed by atoms with E-state index >= 15 is 0 Å². The minimum Gasteiger partial charge on any atom is -0.475 e. The summed E-state index contributed by atoms with van der Waals surface area (Å²) in [5.74, 6) is -3.47. The summed E-state index contributed by atoms with van der Waals surface area (Å²) in [6, 6.07) is 13.7. The van der Waals surface area contributed by atoms with Crippen LogP contribution in [0, 0.1) is 5.92 Å². The number of amides is 2. The first-order valence-corrected chi connectivity index (χ1v) is 12.1. The fraction of sp³-hybridized carbons (Fsp3) is 0.481. The highest BCUT2D eigenvalue weighted by molar-refractivity contribution is 5.88. The van der Waals surface area contributed by atoms with Crippen LogP contribution >= 0.6 is 0 Å². The number of ketones is 1. The maximum atomic E-state index is 12.5. The monoisotopic (exact) mass is 539 g/mol. The summed E-state index contributed by atoms with van der Waals surface area (Å²) in [5, 5.41) is 15.2. The highest BCUT2D eigenvalue weighted by Crippen LogP contribution is 2.18. The molecule has 0 bridgehead atoms. The topological polar surface area (TPSA) is 139 Å². The second kappa shape index (κ2) is 14.5. The number of hydrogen-bond acceptors (Lipinski definition) is 5. The molecule has 2 rings (SSSR count). The molecular formula is C27H36F3N3O5. The number of nitrogens with one attached hydrogen (secondary N) is 2. The summed E-state index contributed by atoms with van der Waals surface area (Å²) in [6.45, 7) is 7.92. The molecule has 2 aromatic rings. The largest absolute Gasteiger partial charge is 0.490 e. The molecule has 38 heavy (non-hydrogen) atoms. The van der Waals surface area contributed by atoms with Crippen molar-refractivity contribution in [2.45, 2.75) is 77.7 Å². The molecule has 2 atom stereocenters. The zero-order valence-electron chi connectivity index (χ0n) is 22.0. The Kier molecular flexibility index (Phi) is 12.4. The van der Waals surface area contributed by atoms with Crippen molar-refractivity contribution in [1.82, 2.24) is 10.6 Å². The Morgan fingerprint density at radius 2 is 1.55 bits per heavy atom. The fourth-order valence-corrected chi connectivity index (χ4v) is 3.51. The number of benzene rings is 2. The predicted molar refractivity (Wildman–Crippen MR) is 138 cm³/mol. The number of carboxylic acids is 1. The Labute approximate surface area is 220 Å². The molecule has 2 aromatic carbocycles. The van der Waals surface area contributed by atoms with Crippen molar-refractivity contribution in [3.05, 3.63) is 48.0 Å². The number of nitrogens with two attached hydrogens (primary N) is 1. The van der Waals surface area contributed by atoms with Gasteiger partial charge in [-0.05, 0) is 43.5 Å². The van der Waals surface area contributed by atoms with E-state index in [1.54, 1.807) is 6.92 Å². The molecule has 5 N–H and O–H groups in total. The SMILES string of the molecule is C[C@H](CC(=O)C[C@@H](N)CCC(=O)NC(C)(C)C)C(=O)NCc1cccc2ccccc12.O=C(O)C(F)(F)F. The average molecular weight is 540 g/mol. The van der Waals surface area contributed by atoms with E-state index in [4.69, 9.17) is 15.6 Å². The summed E-state index contributed by atoms with van der Waals surface area (Å²) in [6.07, 6.45) is -4.05. The van der Waals surface area contributed by atoms with Crippen molar-refractivity contribution in [1.29, 1.82) is 0 Å². The van der Waals surface area contributed by atoms with Crippen molar-refractivity contribution in [3.63, 3.8) is 0 Å². The lowest BCUT2D eigenvalue weighted by atomic mass is 9.97. The minimum absolute atomic E-state index is 0.0588. The molecule has 0 aliphatic carbocycles. The molecule has 0 radical (unpaired) electrons. The summed E-state index contributed by atoms with van der Waals surface area (Å²) in [5.41, 5.74) is 6.78. The first-order valence-electron chi connectivity index (χ1n) is 12.1. The van der Waals surface area contributed by atoms with Gasteiger partial charge in [0.05, 0.1) is 0 Å². The van der Waals surface area contributed by atoms with Crippen LogP contribution in [0.2, 0.25) is 0 Å². The van der Waals surface area contributed by atoms with Crippen LogP contribution in [0.1, 0.15) is 58.9 Å². The third-order valence-electron chi connectivity index (χ3n) is 5.30. The average Bonchev–Trinajstić information content (AvgIpc) is 2.79. The van der Waals surface area contributed by atoms with Crippen molar-refractivity contribution in [3.8, 4) is 0 Å². The van der Waals surface area contributed by atoms with Crippen LogP contribution in [0.4, 0.5) is 13.2 Å². The molecule has 0 saturated carbocycles. The number of Topliss-reactive ketones (excluding diaryl/α,β-unsaturated/α-hetero) is 1. The summed E-state index contributed by atoms with van der Waals surface area (Å²) >= 11 is 0. The fourth-order valence-electron chi connectivity index (χ4n) is 3.51. The zero-order chi connectivity index (χ0) is 29.1. The summed E-state index contributed by atoms with van der Waals surface area (Å²) < 4.78 is 31.7. The maximum Gasteiger partial charge on any atom is 0.490 e. The molecule has 11 heteroatoms. The molecule has 0 saturated heterocycles. The molecule has 2 amide bonds. The molecule has 210 valence electrons. The number of carbonyl (C=O) groups excluding carboxylic acids is 3. The van der Waals surface area contributed by atoms with Crippen LogP contribution in [0.5, 0.6) is 0 Å². The van der Waals surface area contributed by atoms with E-state index in [9.17, 15) is 27.6 Å². The van der Waals surface area contributed by atoms with Gasteiger partial charge in [-0.25, -0.2) is 4.79 Å². The molecule has 0 spiro atoms. The quantitative estimate of drug-likeness (QED) is 0.359. The van der Waals surface area contributed by atoms with E-state index in [-0.39, 0.29) is 48.4 Å². The van der Waals surface area contributed by atoms with Gasteiger partial charge in [0, 0.05) is 43.3 Å². The Balaban J connectivity index is 0.000000905. The Bertz CT molecular complexity index is 1110. The van der Waals surface area contributed by atoms with Gasteiger partial charge in [0.25, 0.3) is 0 Å². The smallest absolute Gasteiger partial charge is 0.475 e. The van der Waals surface area contributed by atoms with Crippen LogP contribution in [-0.2, 0) is 25.7 Å². The number of carboxylic acid groups (broad SMARTS) is 1. The van der Waals surface area contributed by atoms with Gasteiger partial charge in [0.1, 0.15) is 5.78 Å². The molecule has 0 unspecified atom stereocenters. The summed E-state index contributed by atoms with van der Waals surface area (Å²) in [7, 11) is 0. The zero-order valence-corrected chi connectivity index (χ0v) is 22.0. The van der Waals surface area contributed by atoms with E-state index in [1.807, 2.05) is 63.2 Å². The molecular weight excluding hydrogens is 503 g/mol. The van der Waals surface area contributed by atoms with Gasteiger partial charge in [-0.1, -0.05) is 49.4 Å². The molecule has 0 aliphatic heterocycles. The third kappa shape index (κ3) is 12.7. The number of carbonyl (C=O) groups is 4. The van der Waals surface area contributed by atoms with E-state index in [0.717, 1.165) is 16.3 Å². The maximum absolute atomic E-state index is 12.5. The first-order chi connectivity index (χ1) is 17.5. The molecule has 0 fully saturated rings. The predicted octanol–water partition coefficient (Wildman–Crippen LogP) is 4.10. The number of rotatable bonds is 10. The normalized spacial score (nSPS) is 13.1. The van der Waals surface area contributed by atoms with Crippen LogP contribution in [0.15, 0.2) is 42.5 Å². The molecule has 8 nitrogen and oxygen atoms in total. The van der Waals surface area contributed by atoms with Crippen LogP contribution < -0.4 is 16.4 Å². The van der Waals surface area contributed by atoms with Gasteiger partial charge in [-0.2, -0.15) is 13.2 Å². The highest BCUT2D eigenvalue weighted by Gasteiger charge is 2.38. The number of hydrogen-bond donors (Lipinski definition) is 4. The van der Waals surface area contributed by atoms with Crippen molar-refractivity contribution in [2.24, 2.45) is 11.7 Å². The summed E-state index contributed by atoms with van der Waals surface area (Å²) in [4.78, 5) is 45.6. The van der Waals surface area contributed by atoms with Crippen LogP contribution in [-0.4, -0.2) is 46.4 Å².